The minimum absolute atomic E-state index is 0.155. The lowest BCUT2D eigenvalue weighted by Gasteiger charge is -2.09. The fraction of sp³-hybridized carbons (Fsp3) is 0.208. The number of benzene rings is 2. The molecule has 8 heteroatoms. The van der Waals surface area contributed by atoms with Crippen LogP contribution in [0.1, 0.15) is 11.1 Å². The van der Waals surface area contributed by atoms with E-state index in [1.54, 1.807) is 30.3 Å². The Labute approximate surface area is 189 Å². The number of nitrogens with one attached hydrogen (secondary N) is 1. The molecule has 0 fully saturated rings. The average Bonchev–Trinajstić information content (AvgIpc) is 3.11. The van der Waals surface area contributed by atoms with E-state index in [1.165, 1.54) is 18.8 Å². The number of hydrogen-bond acceptors (Lipinski definition) is 6. The predicted octanol–water partition coefficient (Wildman–Crippen LogP) is 1.48. The van der Waals surface area contributed by atoms with Crippen LogP contribution >= 0.6 is 11.3 Å². The van der Waals surface area contributed by atoms with Crippen molar-refractivity contribution in [1.29, 1.82) is 5.26 Å². The summed E-state index contributed by atoms with van der Waals surface area (Å²) in [4.78, 5) is 26.2. The number of para-hydroxylation sites is 2. The molecule has 3 aromatic rings. The Morgan fingerprint density at radius 1 is 1.19 bits per heavy atom. The van der Waals surface area contributed by atoms with Crippen LogP contribution in [0.15, 0.2) is 53.3 Å². The Morgan fingerprint density at radius 2 is 1.91 bits per heavy atom. The van der Waals surface area contributed by atoms with Gasteiger partial charge in [-0.25, -0.2) is 0 Å². The first-order valence-electron chi connectivity index (χ1n) is 9.85. The van der Waals surface area contributed by atoms with Crippen LogP contribution in [0.4, 0.5) is 0 Å². The third kappa shape index (κ3) is 4.97. The van der Waals surface area contributed by atoms with E-state index >= 15 is 0 Å². The van der Waals surface area contributed by atoms with Crippen LogP contribution in [0.2, 0.25) is 0 Å². The van der Waals surface area contributed by atoms with E-state index in [1.807, 2.05) is 37.3 Å². The lowest BCUT2D eigenvalue weighted by molar-refractivity contribution is -0.115. The quantitative estimate of drug-likeness (QED) is 0.552. The molecular weight excluding hydrogens is 426 g/mol. The summed E-state index contributed by atoms with van der Waals surface area (Å²) in [7, 11) is 3.02. The minimum atomic E-state index is -0.573. The molecule has 7 nitrogen and oxygen atoms in total. The van der Waals surface area contributed by atoms with Crippen molar-refractivity contribution in [2.75, 3.05) is 27.4 Å². The monoisotopic (exact) mass is 449 g/mol. The van der Waals surface area contributed by atoms with Gasteiger partial charge in [0.2, 0.25) is 0 Å². The van der Waals surface area contributed by atoms with Crippen molar-refractivity contribution in [3.8, 4) is 17.5 Å². The van der Waals surface area contributed by atoms with Gasteiger partial charge in [-0.3, -0.25) is 14.2 Å². The van der Waals surface area contributed by atoms with Crippen molar-refractivity contribution >= 4 is 28.9 Å². The van der Waals surface area contributed by atoms with Crippen molar-refractivity contribution in [2.45, 2.75) is 6.92 Å². The summed E-state index contributed by atoms with van der Waals surface area (Å²) in [5, 5.41) is 12.4. The Hall–Kier alpha value is -3.67. The molecule has 3 rings (SSSR count). The van der Waals surface area contributed by atoms with E-state index in [4.69, 9.17) is 9.47 Å². The van der Waals surface area contributed by atoms with Crippen LogP contribution in [0.25, 0.3) is 17.3 Å². The first-order chi connectivity index (χ1) is 15.5. The van der Waals surface area contributed by atoms with Crippen LogP contribution in [-0.2, 0) is 9.53 Å². The van der Waals surface area contributed by atoms with Crippen molar-refractivity contribution in [3.05, 3.63) is 79.2 Å². The number of ether oxygens (including phenoxy) is 2. The summed E-state index contributed by atoms with van der Waals surface area (Å²) < 4.78 is 12.4. The molecule has 0 spiro atoms. The average molecular weight is 450 g/mol. The van der Waals surface area contributed by atoms with Crippen LogP contribution in [-0.4, -0.2) is 37.8 Å². The number of rotatable bonds is 7. The fourth-order valence-electron chi connectivity index (χ4n) is 3.05. The van der Waals surface area contributed by atoms with Gasteiger partial charge in [0.05, 0.1) is 23.9 Å². The van der Waals surface area contributed by atoms with Crippen LogP contribution in [0, 0.1) is 18.3 Å². The molecule has 0 radical (unpaired) electrons. The van der Waals surface area contributed by atoms with Gasteiger partial charge in [-0.05, 0) is 30.7 Å². The molecule has 0 aliphatic carbocycles. The lowest BCUT2D eigenvalue weighted by atomic mass is 10.1. The molecule has 32 heavy (non-hydrogen) atoms. The molecule has 0 aliphatic rings. The molecule has 1 N–H and O–H groups in total. The molecule has 0 aliphatic heterocycles. The molecule has 1 aromatic heterocycles. The van der Waals surface area contributed by atoms with Gasteiger partial charge in [0.25, 0.3) is 11.5 Å². The topological polar surface area (TPSA) is 93.4 Å². The Morgan fingerprint density at radius 3 is 2.56 bits per heavy atom. The zero-order valence-corrected chi connectivity index (χ0v) is 18.9. The largest absolute Gasteiger partial charge is 0.495 e. The molecule has 1 amide bonds. The van der Waals surface area contributed by atoms with Crippen molar-refractivity contribution in [1.82, 2.24) is 9.88 Å². The van der Waals surface area contributed by atoms with E-state index in [0.29, 0.717) is 22.6 Å². The van der Waals surface area contributed by atoms with Crippen molar-refractivity contribution in [2.24, 2.45) is 0 Å². The Balaban J connectivity index is 2.32. The van der Waals surface area contributed by atoms with Gasteiger partial charge in [0, 0.05) is 13.7 Å². The zero-order chi connectivity index (χ0) is 23.1. The van der Waals surface area contributed by atoms with Gasteiger partial charge in [0.1, 0.15) is 16.5 Å². The smallest absolute Gasteiger partial charge is 0.273 e. The number of nitriles is 1. The number of aryl methyl sites for hydroxylation is 1. The van der Waals surface area contributed by atoms with Gasteiger partial charge >= 0.3 is 0 Å². The second-order valence-electron chi connectivity index (χ2n) is 6.87. The number of carbonyl (C=O) groups is 1. The molecule has 0 saturated heterocycles. The summed E-state index contributed by atoms with van der Waals surface area (Å²) in [5.74, 6) is -0.121. The third-order valence-corrected chi connectivity index (χ3v) is 5.76. The predicted molar refractivity (Wildman–Crippen MR) is 124 cm³/mol. The van der Waals surface area contributed by atoms with Gasteiger partial charge in [-0.1, -0.05) is 42.0 Å². The summed E-state index contributed by atoms with van der Waals surface area (Å²) >= 11 is 1.09. The van der Waals surface area contributed by atoms with Crippen molar-refractivity contribution in [3.63, 3.8) is 0 Å². The molecule has 2 aromatic carbocycles. The maximum atomic E-state index is 13.4. The van der Waals surface area contributed by atoms with Gasteiger partial charge in [-0.2, -0.15) is 5.26 Å². The Bertz CT molecular complexity index is 1330. The van der Waals surface area contributed by atoms with Crippen molar-refractivity contribution < 1.29 is 14.3 Å². The summed E-state index contributed by atoms with van der Waals surface area (Å²) in [6.45, 7) is 2.53. The minimum Gasteiger partial charge on any atom is -0.495 e. The highest BCUT2D eigenvalue weighted by molar-refractivity contribution is 7.07. The van der Waals surface area contributed by atoms with E-state index < -0.39 is 5.91 Å². The second-order valence-corrected chi connectivity index (χ2v) is 7.91. The normalized spacial score (nSPS) is 12.2. The highest BCUT2D eigenvalue weighted by atomic mass is 32.1. The molecule has 0 unspecified atom stereocenters. The number of aromatic nitrogens is 1. The van der Waals surface area contributed by atoms with E-state index in [9.17, 15) is 14.9 Å². The van der Waals surface area contributed by atoms with Gasteiger partial charge < -0.3 is 14.8 Å². The maximum Gasteiger partial charge on any atom is 0.273 e. The molecule has 164 valence electrons. The summed E-state index contributed by atoms with van der Waals surface area (Å²) in [5.41, 5.74) is 1.90. The maximum absolute atomic E-state index is 13.4. The Kier molecular flexibility index (Phi) is 7.60. The standard InChI is InChI=1S/C24H23N3O4S/c1-16-8-10-17(11-9-16)14-21-23(29)27(19-6-4-5-7-20(19)31-3)24(32-21)18(15-25)22(28)26-12-13-30-2/h4-11,14H,12-13H2,1-3H3,(H,26,28)/b21-14-,24-18-. The number of thiazole rings is 1. The first kappa shape index (κ1) is 23.0. The number of hydrogen-bond donors (Lipinski definition) is 1. The van der Waals surface area contributed by atoms with Gasteiger partial charge in [0.15, 0.2) is 5.57 Å². The lowest BCUT2D eigenvalue weighted by Crippen LogP contribution is -2.35. The van der Waals surface area contributed by atoms with E-state index in [0.717, 1.165) is 22.5 Å². The third-order valence-electron chi connectivity index (χ3n) is 4.67. The number of nitrogens with zero attached hydrogens (tertiary/aromatic N) is 2. The molecule has 1 heterocycles. The van der Waals surface area contributed by atoms with Gasteiger partial charge in [-0.15, -0.1) is 11.3 Å². The van der Waals surface area contributed by atoms with Crippen LogP contribution in [0.3, 0.4) is 0 Å². The first-order valence-corrected chi connectivity index (χ1v) is 10.7. The van der Waals surface area contributed by atoms with E-state index in [2.05, 4.69) is 5.32 Å². The highest BCUT2D eigenvalue weighted by Crippen LogP contribution is 2.19. The fourth-order valence-corrected chi connectivity index (χ4v) is 4.14. The number of methoxy groups -OCH3 is 2. The zero-order valence-electron chi connectivity index (χ0n) is 18.0. The molecule has 0 saturated carbocycles. The van der Waals surface area contributed by atoms with E-state index in [-0.39, 0.29) is 22.3 Å². The van der Waals surface area contributed by atoms with Crippen LogP contribution in [0.5, 0.6) is 5.75 Å². The summed E-state index contributed by atoms with van der Waals surface area (Å²) in [6, 6.07) is 16.7. The number of carbonyl (C=O) groups excluding carboxylic acids is 1. The SMILES string of the molecule is COCCNC(=O)/C(C#N)=c1\s/c(=C\c2ccc(C)cc2)c(=O)n1-c1ccccc1OC. The molecular formula is C24H23N3O4S. The second kappa shape index (κ2) is 10.6. The molecule has 0 atom stereocenters. The highest BCUT2D eigenvalue weighted by Gasteiger charge is 2.18. The van der Waals surface area contributed by atoms with Crippen LogP contribution < -0.4 is 24.8 Å². The molecule has 0 bridgehead atoms. The summed E-state index contributed by atoms with van der Waals surface area (Å²) in [6.07, 6.45) is 1.75. The number of amides is 1.